The molecular formula is C50H56F12N8O4P2Ru2+2. The minimum atomic E-state index is -10.7. The Hall–Kier alpha value is -5.75. The molecule has 428 valence electrons. The standard InChI is InChI=1S/2C20H22N2O2.2C5H5N.2F6P.2H3N.2Ru/c2*23-19-11-5-1-7-15(19)13-21-17-9-3-4-10-18(17)22-14-16-8-2-6-12-20(16)24;2*1-2-4-6-5-3-1;2*1-7(2,3,4,5)6;;;;/h2*1-2,5-8,11-14,17-18,23-24H,3-4,9-10H2;2*1-5H;;;2*1H3;;/q;;;;2*-1;;;2*+4/p-4/t2*17-,18-;;;;;;;;/m10......../s1. The van der Waals surface area contributed by atoms with Gasteiger partial charge in [-0.2, -0.15) is 0 Å². The molecular weight excluding hydrogens is 1270 g/mol. The topological polar surface area (TPSA) is 237 Å². The van der Waals surface area contributed by atoms with Gasteiger partial charge in [0.1, 0.15) is 0 Å². The van der Waals surface area contributed by atoms with Gasteiger partial charge in [0.15, 0.2) is 0 Å². The second kappa shape index (κ2) is 32.4. The van der Waals surface area contributed by atoms with E-state index in [1.165, 1.54) is 0 Å². The van der Waals surface area contributed by atoms with Crippen LogP contribution in [0.25, 0.3) is 0 Å². The number of para-hydroxylation sites is 4. The number of pyridine rings is 2. The molecule has 0 amide bonds. The molecule has 0 radical (unpaired) electrons. The maximum atomic E-state index is 11.8. The molecule has 2 heterocycles. The van der Waals surface area contributed by atoms with E-state index in [-0.39, 0.29) is 98.4 Å². The van der Waals surface area contributed by atoms with Gasteiger partial charge in [0, 0.05) is 49.6 Å². The predicted octanol–water partition coefficient (Wildman–Crippen LogP) is 14.6. The van der Waals surface area contributed by atoms with Crippen LogP contribution in [0.15, 0.2) is 178 Å². The molecule has 4 aromatic carbocycles. The second-order valence-electron chi connectivity index (χ2n) is 16.1. The molecule has 4 atom stereocenters. The van der Waals surface area contributed by atoms with Crippen molar-refractivity contribution in [3.05, 3.63) is 181 Å². The van der Waals surface area contributed by atoms with Gasteiger partial charge < -0.3 is 32.7 Å². The Balaban J connectivity index is 0. The van der Waals surface area contributed by atoms with Crippen LogP contribution in [0.3, 0.4) is 0 Å². The van der Waals surface area contributed by atoms with Crippen molar-refractivity contribution in [3.63, 3.8) is 0 Å². The van der Waals surface area contributed by atoms with Crippen LogP contribution in [0.4, 0.5) is 50.4 Å². The fraction of sp³-hybridized carbons (Fsp3) is 0.240. The van der Waals surface area contributed by atoms with Gasteiger partial charge in [-0.15, -0.1) is 23.0 Å². The van der Waals surface area contributed by atoms with Gasteiger partial charge in [0.05, 0.1) is 24.2 Å². The Morgan fingerprint density at radius 1 is 0.333 bits per heavy atom. The third kappa shape index (κ3) is 39.6. The monoisotopic (exact) mass is 1330 g/mol. The molecule has 2 fully saturated rings. The largest absolute Gasteiger partial charge is 4.00 e. The van der Waals surface area contributed by atoms with Crippen molar-refractivity contribution in [1.82, 2.24) is 22.3 Å². The van der Waals surface area contributed by atoms with Crippen molar-refractivity contribution in [2.24, 2.45) is 20.0 Å². The van der Waals surface area contributed by atoms with E-state index in [1.807, 2.05) is 60.7 Å². The summed E-state index contributed by atoms with van der Waals surface area (Å²) >= 11 is 0. The predicted molar refractivity (Wildman–Crippen MR) is 272 cm³/mol. The van der Waals surface area contributed by atoms with Crippen molar-refractivity contribution in [2.75, 3.05) is 0 Å². The average molecular weight is 1330 g/mol. The first kappa shape index (κ1) is 74.3. The zero-order chi connectivity index (χ0) is 54.9. The summed E-state index contributed by atoms with van der Waals surface area (Å²) in [6.45, 7) is 0. The Morgan fingerprint density at radius 2 is 0.513 bits per heavy atom. The van der Waals surface area contributed by atoms with Gasteiger partial charge in [-0.3, -0.25) is 29.9 Å². The van der Waals surface area contributed by atoms with Crippen LogP contribution in [0.1, 0.15) is 73.6 Å². The van der Waals surface area contributed by atoms with Crippen molar-refractivity contribution in [2.45, 2.75) is 75.5 Å². The number of rotatable bonds is 8. The Morgan fingerprint density at radius 3 is 0.654 bits per heavy atom. The van der Waals surface area contributed by atoms with E-state index in [9.17, 15) is 70.8 Å². The maximum absolute atomic E-state index is 11.8. The number of aromatic nitrogens is 2. The molecule has 6 aromatic rings. The van der Waals surface area contributed by atoms with E-state index in [4.69, 9.17) is 0 Å². The van der Waals surface area contributed by atoms with E-state index < -0.39 is 15.6 Å². The van der Waals surface area contributed by atoms with E-state index in [1.54, 1.807) is 122 Å². The summed E-state index contributed by atoms with van der Waals surface area (Å²) in [5.74, 6) is -0.0652. The second-order valence-corrected chi connectivity index (χ2v) is 19.9. The number of hydrogen-bond donors (Lipinski definition) is 2. The molecule has 0 aliphatic heterocycles. The molecule has 2 aliphatic carbocycles. The maximum Gasteiger partial charge on any atom is 4.00 e. The molecule has 28 heteroatoms. The molecule has 78 heavy (non-hydrogen) atoms. The number of halogens is 12. The summed E-state index contributed by atoms with van der Waals surface area (Å²) in [6, 6.07) is 39.2. The molecule has 2 saturated carbocycles. The van der Waals surface area contributed by atoms with Gasteiger partial charge >= 0.3 is 105 Å². The van der Waals surface area contributed by atoms with Crippen LogP contribution in [0.5, 0.6) is 23.0 Å². The zero-order valence-electron chi connectivity index (χ0n) is 41.2. The van der Waals surface area contributed by atoms with Gasteiger partial charge in [0.25, 0.3) is 0 Å². The molecule has 0 unspecified atom stereocenters. The van der Waals surface area contributed by atoms with E-state index in [0.717, 1.165) is 51.4 Å². The zero-order valence-corrected chi connectivity index (χ0v) is 46.4. The molecule has 12 nitrogen and oxygen atoms in total. The molecule has 0 bridgehead atoms. The first-order chi connectivity index (χ1) is 34.4. The molecule has 2 aromatic heterocycles. The minimum Gasteiger partial charge on any atom is -0.872 e. The third-order valence-corrected chi connectivity index (χ3v) is 9.82. The molecule has 6 N–H and O–H groups in total. The van der Waals surface area contributed by atoms with Crippen LogP contribution in [-0.2, 0) is 39.0 Å². The van der Waals surface area contributed by atoms with Crippen molar-refractivity contribution in [3.8, 4) is 23.0 Å². The van der Waals surface area contributed by atoms with Crippen LogP contribution < -0.4 is 32.7 Å². The average Bonchev–Trinajstić information content (AvgIpc) is 3.33. The molecule has 0 saturated heterocycles. The van der Waals surface area contributed by atoms with E-state index in [2.05, 4.69) is 29.9 Å². The van der Waals surface area contributed by atoms with Crippen molar-refractivity contribution < 1.29 is 110 Å². The van der Waals surface area contributed by atoms with Crippen LogP contribution >= 0.6 is 15.6 Å². The fourth-order valence-electron chi connectivity index (χ4n) is 6.56. The fourth-order valence-corrected chi connectivity index (χ4v) is 6.56. The Bertz CT molecular complexity index is 2360. The van der Waals surface area contributed by atoms with Crippen LogP contribution in [0, 0.1) is 0 Å². The van der Waals surface area contributed by atoms with Crippen LogP contribution in [-0.4, -0.2) is 59.0 Å². The normalized spacial score (nSPS) is 18.6. The number of aliphatic imine (C=N–C) groups is 4. The molecule has 0 spiro atoms. The SMILES string of the molecule is F[P-](F)(F)(F)(F)F.F[P-](F)(F)(F)(F)F.N.N.[O-]c1ccccc1C=N[C@@H]1CCCC[C@H]1N=Cc1ccccc1[O-].[O-]c1ccccc1C=N[C@H]1CCCC[C@@H]1N=Cc1ccccc1[O-].[Ru+4].[Ru+4].c1ccncc1.c1ccncc1. The summed E-state index contributed by atoms with van der Waals surface area (Å²) in [7, 11) is -21.3. The van der Waals surface area contributed by atoms with Gasteiger partial charge in [-0.25, -0.2) is 0 Å². The number of hydrogen-bond acceptors (Lipinski definition) is 12. The summed E-state index contributed by atoms with van der Waals surface area (Å²) in [5.41, 5.74) is 2.43. The number of benzene rings is 4. The van der Waals surface area contributed by atoms with Crippen LogP contribution in [0.2, 0.25) is 0 Å². The summed E-state index contributed by atoms with van der Waals surface area (Å²) in [6.07, 6.45) is 22.0. The smallest absolute Gasteiger partial charge is 0.872 e. The molecule has 8 rings (SSSR count). The first-order valence-corrected chi connectivity index (χ1v) is 26.4. The Kier molecular flexibility index (Phi) is 30.8. The number of nitrogens with zero attached hydrogens (tertiary/aromatic N) is 6. The quantitative estimate of drug-likeness (QED) is 0.0641. The van der Waals surface area contributed by atoms with Gasteiger partial charge in [0.2, 0.25) is 0 Å². The first-order valence-electron chi connectivity index (χ1n) is 22.4. The van der Waals surface area contributed by atoms with Crippen molar-refractivity contribution >= 4 is 40.5 Å². The minimum absolute atomic E-state index is 0. The van der Waals surface area contributed by atoms with E-state index in [0.29, 0.717) is 22.3 Å². The third-order valence-electron chi connectivity index (χ3n) is 9.82. The van der Waals surface area contributed by atoms with Crippen molar-refractivity contribution in [1.29, 1.82) is 0 Å². The summed E-state index contributed by atoms with van der Waals surface area (Å²) in [4.78, 5) is 26.0. The summed E-state index contributed by atoms with van der Waals surface area (Å²) < 4.78 is 118. The van der Waals surface area contributed by atoms with Gasteiger partial charge in [-0.05, 0) is 72.2 Å². The van der Waals surface area contributed by atoms with Gasteiger partial charge in [-0.1, -0.05) is 135 Å². The Labute approximate surface area is 469 Å². The van der Waals surface area contributed by atoms with E-state index >= 15 is 0 Å². The molecule has 2 aliphatic rings. The summed E-state index contributed by atoms with van der Waals surface area (Å²) in [5, 5.41) is 47.1.